The van der Waals surface area contributed by atoms with Gasteiger partial charge in [0.2, 0.25) is 0 Å². The molecule has 1 amide bonds. The average Bonchev–Trinajstić information content (AvgIpc) is 3.31. The highest BCUT2D eigenvalue weighted by molar-refractivity contribution is 6.02. The third-order valence-corrected chi connectivity index (χ3v) is 5.33. The average molecular weight is 391 g/mol. The predicted octanol–water partition coefficient (Wildman–Crippen LogP) is 3.16. The summed E-state index contributed by atoms with van der Waals surface area (Å²) < 4.78 is 3.82. The van der Waals surface area contributed by atoms with Crippen LogP contribution in [0, 0.1) is 0 Å². The molecular weight excluding hydrogens is 366 g/mol. The maximum absolute atomic E-state index is 12.0. The molecular formula is C22H25N5O2. The molecule has 0 aliphatic carbocycles. The number of benzene rings is 1. The topological polar surface area (TPSA) is 97.6 Å². The molecule has 0 aliphatic rings. The Morgan fingerprint density at radius 2 is 2.07 bits per heavy atom. The number of carbonyl (C=O) groups is 1. The zero-order chi connectivity index (χ0) is 20.5. The van der Waals surface area contributed by atoms with E-state index >= 15 is 0 Å². The molecule has 0 saturated carbocycles. The number of amides is 1. The third-order valence-electron chi connectivity index (χ3n) is 5.33. The summed E-state index contributed by atoms with van der Waals surface area (Å²) in [7, 11) is 2.02. The minimum absolute atomic E-state index is 0.0290. The maximum atomic E-state index is 12.0. The lowest BCUT2D eigenvalue weighted by Gasteiger charge is -2.19. The van der Waals surface area contributed by atoms with E-state index in [0.29, 0.717) is 11.3 Å². The van der Waals surface area contributed by atoms with Gasteiger partial charge in [-0.05, 0) is 36.2 Å². The predicted molar refractivity (Wildman–Crippen MR) is 115 cm³/mol. The van der Waals surface area contributed by atoms with Gasteiger partial charge in [0, 0.05) is 41.9 Å². The van der Waals surface area contributed by atoms with Crippen LogP contribution >= 0.6 is 0 Å². The summed E-state index contributed by atoms with van der Waals surface area (Å²) in [4.78, 5) is 12.0. The van der Waals surface area contributed by atoms with Crippen molar-refractivity contribution in [3.8, 4) is 11.1 Å². The van der Waals surface area contributed by atoms with Gasteiger partial charge in [-0.25, -0.2) is 4.52 Å². The van der Waals surface area contributed by atoms with E-state index in [0.717, 1.165) is 34.9 Å². The summed E-state index contributed by atoms with van der Waals surface area (Å²) in [5, 5.41) is 18.5. The second-order valence-corrected chi connectivity index (χ2v) is 7.37. The van der Waals surface area contributed by atoms with Crippen molar-refractivity contribution < 1.29 is 9.90 Å². The molecule has 29 heavy (non-hydrogen) atoms. The van der Waals surface area contributed by atoms with Crippen LogP contribution in [-0.2, 0) is 7.05 Å². The second kappa shape index (κ2) is 7.60. The molecule has 1 aromatic carbocycles. The Morgan fingerprint density at radius 1 is 1.24 bits per heavy atom. The molecule has 1 atom stereocenters. The van der Waals surface area contributed by atoms with Crippen molar-refractivity contribution >= 4 is 28.0 Å². The molecule has 4 rings (SSSR count). The van der Waals surface area contributed by atoms with Gasteiger partial charge in [-0.2, -0.15) is 5.10 Å². The van der Waals surface area contributed by atoms with Crippen molar-refractivity contribution in [2.45, 2.75) is 25.8 Å². The van der Waals surface area contributed by atoms with Crippen LogP contribution in [0.15, 0.2) is 48.9 Å². The fraction of sp³-hybridized carbons (Fsp3) is 0.273. The van der Waals surface area contributed by atoms with Crippen LogP contribution in [0.5, 0.6) is 0 Å². The SMILES string of the molecule is CCCC(CO)Nc1c(C(N)=O)cnn2cc(-c3ccc4c(ccn4C)c3)cc12. The standard InChI is InChI=1S/C22H25N5O2/c1-3-4-17(13-28)25-21-18(22(23)29)11-24-27-12-16(10-20(21)27)14-5-6-19-15(9-14)7-8-26(19)2/h5-12,17,25,28H,3-4,13H2,1-2H3,(H2,23,29). The highest BCUT2D eigenvalue weighted by Gasteiger charge is 2.18. The lowest BCUT2D eigenvalue weighted by Crippen LogP contribution is -2.26. The van der Waals surface area contributed by atoms with Gasteiger partial charge in [-0.1, -0.05) is 19.4 Å². The Hall–Kier alpha value is -3.32. The zero-order valence-corrected chi connectivity index (χ0v) is 16.6. The lowest BCUT2D eigenvalue weighted by molar-refractivity contribution is 0.100. The van der Waals surface area contributed by atoms with Crippen molar-refractivity contribution in [3.63, 3.8) is 0 Å². The largest absolute Gasteiger partial charge is 0.394 e. The molecule has 0 bridgehead atoms. The number of fused-ring (bicyclic) bond motifs is 2. The Bertz CT molecular complexity index is 1190. The molecule has 7 heteroatoms. The molecule has 4 N–H and O–H groups in total. The van der Waals surface area contributed by atoms with Gasteiger partial charge < -0.3 is 20.7 Å². The van der Waals surface area contributed by atoms with E-state index in [1.165, 1.54) is 11.7 Å². The number of hydrogen-bond donors (Lipinski definition) is 3. The minimum atomic E-state index is -0.552. The number of primary amides is 1. The lowest BCUT2D eigenvalue weighted by atomic mass is 10.1. The maximum Gasteiger partial charge on any atom is 0.252 e. The second-order valence-electron chi connectivity index (χ2n) is 7.37. The number of nitrogens with zero attached hydrogens (tertiary/aromatic N) is 3. The molecule has 0 aliphatic heterocycles. The first-order valence-corrected chi connectivity index (χ1v) is 9.76. The van der Waals surface area contributed by atoms with E-state index in [9.17, 15) is 9.90 Å². The van der Waals surface area contributed by atoms with Gasteiger partial charge in [-0.3, -0.25) is 4.79 Å². The Kier molecular flexibility index (Phi) is 4.98. The Morgan fingerprint density at radius 3 is 2.79 bits per heavy atom. The monoisotopic (exact) mass is 391 g/mol. The van der Waals surface area contributed by atoms with E-state index in [1.807, 2.05) is 25.5 Å². The third kappa shape index (κ3) is 3.45. The molecule has 3 aromatic heterocycles. The van der Waals surface area contributed by atoms with E-state index < -0.39 is 5.91 Å². The van der Waals surface area contributed by atoms with E-state index in [4.69, 9.17) is 5.73 Å². The van der Waals surface area contributed by atoms with Crippen LogP contribution in [0.3, 0.4) is 0 Å². The summed E-state index contributed by atoms with van der Waals surface area (Å²) in [5.74, 6) is -0.552. The molecule has 0 saturated heterocycles. The number of rotatable bonds is 7. The molecule has 7 nitrogen and oxygen atoms in total. The summed E-state index contributed by atoms with van der Waals surface area (Å²) in [6.07, 6.45) is 7.14. The summed E-state index contributed by atoms with van der Waals surface area (Å²) >= 11 is 0. The van der Waals surface area contributed by atoms with Gasteiger partial charge in [0.05, 0.1) is 29.6 Å². The van der Waals surface area contributed by atoms with Gasteiger partial charge in [0.1, 0.15) is 0 Å². The summed E-state index contributed by atoms with van der Waals surface area (Å²) in [5.41, 5.74) is 10.5. The highest BCUT2D eigenvalue weighted by atomic mass is 16.3. The van der Waals surface area contributed by atoms with Crippen LogP contribution in [0.2, 0.25) is 0 Å². The summed E-state index contributed by atoms with van der Waals surface area (Å²) in [6, 6.07) is 10.2. The first-order valence-electron chi connectivity index (χ1n) is 9.76. The minimum Gasteiger partial charge on any atom is -0.394 e. The van der Waals surface area contributed by atoms with Crippen molar-refractivity contribution in [1.82, 2.24) is 14.2 Å². The molecule has 0 fully saturated rings. The number of aryl methyl sites for hydroxylation is 1. The molecule has 0 spiro atoms. The van der Waals surface area contributed by atoms with Crippen molar-refractivity contribution in [1.29, 1.82) is 0 Å². The molecule has 0 radical (unpaired) electrons. The molecule has 3 heterocycles. The van der Waals surface area contributed by atoms with Crippen molar-refractivity contribution in [3.05, 3.63) is 54.5 Å². The zero-order valence-electron chi connectivity index (χ0n) is 16.6. The van der Waals surface area contributed by atoms with Crippen LogP contribution in [0.1, 0.15) is 30.1 Å². The molecule has 150 valence electrons. The van der Waals surface area contributed by atoms with Crippen molar-refractivity contribution in [2.75, 3.05) is 11.9 Å². The van der Waals surface area contributed by atoms with Gasteiger partial charge in [0.15, 0.2) is 0 Å². The molecule has 4 aromatic rings. The van der Waals surface area contributed by atoms with Crippen molar-refractivity contribution in [2.24, 2.45) is 12.8 Å². The number of aromatic nitrogens is 3. The summed E-state index contributed by atoms with van der Waals surface area (Å²) in [6.45, 7) is 2.02. The van der Waals surface area contributed by atoms with Crippen LogP contribution in [0.25, 0.3) is 27.5 Å². The fourth-order valence-electron chi connectivity index (χ4n) is 3.78. The van der Waals surface area contributed by atoms with E-state index in [1.54, 1.807) is 4.52 Å². The van der Waals surface area contributed by atoms with Crippen LogP contribution in [-0.4, -0.2) is 37.8 Å². The van der Waals surface area contributed by atoms with Crippen LogP contribution < -0.4 is 11.1 Å². The Balaban J connectivity index is 1.83. The normalized spacial score (nSPS) is 12.5. The number of nitrogens with one attached hydrogen (secondary N) is 1. The first kappa shape index (κ1) is 19.0. The number of carbonyl (C=O) groups excluding carboxylic acids is 1. The quantitative estimate of drug-likeness (QED) is 0.451. The smallest absolute Gasteiger partial charge is 0.252 e. The number of anilines is 1. The number of hydrogen-bond acceptors (Lipinski definition) is 4. The molecule has 1 unspecified atom stereocenters. The van der Waals surface area contributed by atoms with E-state index in [-0.39, 0.29) is 12.6 Å². The van der Waals surface area contributed by atoms with Gasteiger partial charge >= 0.3 is 0 Å². The van der Waals surface area contributed by atoms with Gasteiger partial charge in [0.25, 0.3) is 5.91 Å². The Labute approximate surface area is 168 Å². The van der Waals surface area contributed by atoms with E-state index in [2.05, 4.69) is 46.2 Å². The highest BCUT2D eigenvalue weighted by Crippen LogP contribution is 2.31. The first-order chi connectivity index (χ1) is 14.0. The van der Waals surface area contributed by atoms with Gasteiger partial charge in [-0.15, -0.1) is 0 Å². The number of nitrogens with two attached hydrogens (primary N) is 1. The number of aliphatic hydroxyl groups excluding tert-OH is 1. The fourth-order valence-corrected chi connectivity index (χ4v) is 3.78. The van der Waals surface area contributed by atoms with Crippen LogP contribution in [0.4, 0.5) is 5.69 Å². The number of aliphatic hydroxyl groups is 1.